The van der Waals surface area contributed by atoms with Crippen LogP contribution in [0.5, 0.6) is 0 Å². The number of para-hydroxylation sites is 1. The maximum absolute atomic E-state index is 12.6. The van der Waals surface area contributed by atoms with E-state index in [2.05, 4.69) is 5.32 Å². The molecule has 0 spiro atoms. The lowest BCUT2D eigenvalue weighted by Gasteiger charge is -2.13. The number of anilines is 1. The summed E-state index contributed by atoms with van der Waals surface area (Å²) in [5.41, 5.74) is -1.23. The molecule has 0 saturated carbocycles. The molecule has 1 amide bonds. The molecule has 0 saturated heterocycles. The summed E-state index contributed by atoms with van der Waals surface area (Å²) in [6, 6.07) is 4.66. The van der Waals surface area contributed by atoms with E-state index >= 15 is 0 Å². The number of carbonyl (C=O) groups is 1. The number of halogens is 3. The molecule has 0 heterocycles. The average Bonchev–Trinajstić information content (AvgIpc) is 2.28. The van der Waals surface area contributed by atoms with E-state index in [-0.39, 0.29) is 18.9 Å². The first-order valence-electron chi connectivity index (χ1n) is 5.10. The molecular weight excluding hydrogens is 251 g/mol. The Morgan fingerprint density at radius 1 is 1.33 bits per heavy atom. The predicted octanol–water partition coefficient (Wildman–Crippen LogP) is 1.65. The smallest absolute Gasteiger partial charge is 0.394 e. The highest BCUT2D eigenvalue weighted by molar-refractivity contribution is 5.92. The van der Waals surface area contributed by atoms with Gasteiger partial charge in [0.05, 0.1) is 24.5 Å². The number of aliphatic hydroxyl groups excluding tert-OH is 1. The number of nitrogens with one attached hydrogen (secondary N) is 1. The molecule has 0 unspecified atom stereocenters. The van der Waals surface area contributed by atoms with Crippen molar-refractivity contribution in [2.24, 2.45) is 0 Å². The highest BCUT2D eigenvalue weighted by atomic mass is 19.4. The molecular formula is C11H12F3NO3. The molecule has 4 nitrogen and oxygen atoms in total. The van der Waals surface area contributed by atoms with Crippen molar-refractivity contribution in [3.8, 4) is 0 Å². The number of carbonyl (C=O) groups excluding carboxylic acids is 1. The lowest BCUT2D eigenvalue weighted by atomic mass is 10.1. The molecule has 7 heteroatoms. The average molecular weight is 263 g/mol. The fraction of sp³-hybridized carbons (Fsp3) is 0.364. The lowest BCUT2D eigenvalue weighted by Crippen LogP contribution is -2.21. The van der Waals surface area contributed by atoms with Gasteiger partial charge >= 0.3 is 6.18 Å². The van der Waals surface area contributed by atoms with Gasteiger partial charge in [0.1, 0.15) is 6.61 Å². The van der Waals surface area contributed by atoms with E-state index in [1.807, 2.05) is 0 Å². The number of amides is 1. The van der Waals surface area contributed by atoms with E-state index in [1.54, 1.807) is 0 Å². The zero-order valence-corrected chi connectivity index (χ0v) is 9.33. The Kier molecular flexibility index (Phi) is 5.11. The zero-order chi connectivity index (χ0) is 13.6. The molecule has 100 valence electrons. The standard InChI is InChI=1S/C11H12F3NO3/c12-11(13,14)8-3-1-2-4-9(8)15-10(17)7-18-6-5-16/h1-4,16H,5-7H2,(H,15,17). The van der Waals surface area contributed by atoms with Crippen molar-refractivity contribution in [2.45, 2.75) is 6.18 Å². The molecule has 0 aliphatic carbocycles. The second kappa shape index (κ2) is 6.36. The van der Waals surface area contributed by atoms with Crippen LogP contribution in [0.3, 0.4) is 0 Å². The minimum atomic E-state index is -4.53. The first kappa shape index (κ1) is 14.5. The number of aliphatic hydroxyl groups is 1. The Morgan fingerprint density at radius 3 is 2.61 bits per heavy atom. The molecule has 1 aromatic carbocycles. The number of hydrogen-bond acceptors (Lipinski definition) is 3. The summed E-state index contributed by atoms with van der Waals surface area (Å²) in [5, 5.41) is 10.5. The van der Waals surface area contributed by atoms with Gasteiger partial charge in [0.25, 0.3) is 0 Å². The van der Waals surface area contributed by atoms with E-state index < -0.39 is 24.3 Å². The number of ether oxygens (including phenoxy) is 1. The Morgan fingerprint density at radius 2 is 2.00 bits per heavy atom. The molecule has 0 aromatic heterocycles. The molecule has 0 aliphatic rings. The highest BCUT2D eigenvalue weighted by Gasteiger charge is 2.33. The number of benzene rings is 1. The molecule has 1 aromatic rings. The maximum atomic E-state index is 12.6. The molecule has 2 N–H and O–H groups in total. The third-order valence-electron chi connectivity index (χ3n) is 1.98. The molecule has 0 fully saturated rings. The summed E-state index contributed by atoms with van der Waals surface area (Å²) in [6.07, 6.45) is -4.53. The van der Waals surface area contributed by atoms with Crippen LogP contribution in [0.2, 0.25) is 0 Å². The Labute approximate surface area is 101 Å². The Hall–Kier alpha value is -1.60. The zero-order valence-electron chi connectivity index (χ0n) is 9.33. The van der Waals surface area contributed by atoms with Gasteiger partial charge in [-0.25, -0.2) is 0 Å². The van der Waals surface area contributed by atoms with Crippen molar-refractivity contribution < 1.29 is 27.8 Å². The summed E-state index contributed by atoms with van der Waals surface area (Å²) in [6.45, 7) is -0.715. The van der Waals surface area contributed by atoms with E-state index in [0.717, 1.165) is 12.1 Å². The van der Waals surface area contributed by atoms with E-state index in [0.29, 0.717) is 0 Å². The highest BCUT2D eigenvalue weighted by Crippen LogP contribution is 2.34. The van der Waals surface area contributed by atoms with Gasteiger partial charge in [0, 0.05) is 0 Å². The van der Waals surface area contributed by atoms with Crippen molar-refractivity contribution in [1.29, 1.82) is 0 Å². The van der Waals surface area contributed by atoms with Crippen LogP contribution in [0.15, 0.2) is 24.3 Å². The predicted molar refractivity (Wildman–Crippen MR) is 58.0 cm³/mol. The summed E-state index contributed by atoms with van der Waals surface area (Å²) in [5.74, 6) is -0.708. The topological polar surface area (TPSA) is 58.6 Å². The van der Waals surface area contributed by atoms with Gasteiger partial charge in [-0.1, -0.05) is 12.1 Å². The van der Waals surface area contributed by atoms with Gasteiger partial charge in [-0.3, -0.25) is 4.79 Å². The second-order valence-corrected chi connectivity index (χ2v) is 3.37. The van der Waals surface area contributed by atoms with Crippen LogP contribution in [-0.4, -0.2) is 30.8 Å². The van der Waals surface area contributed by atoms with Gasteiger partial charge in [0.2, 0.25) is 5.91 Å². The van der Waals surface area contributed by atoms with E-state index in [4.69, 9.17) is 9.84 Å². The maximum Gasteiger partial charge on any atom is 0.418 e. The Bertz CT molecular complexity index is 407. The normalized spacial score (nSPS) is 11.3. The fourth-order valence-electron chi connectivity index (χ4n) is 1.26. The van der Waals surface area contributed by atoms with Crippen molar-refractivity contribution in [1.82, 2.24) is 0 Å². The van der Waals surface area contributed by atoms with Crippen LogP contribution in [0.1, 0.15) is 5.56 Å². The van der Waals surface area contributed by atoms with Crippen LogP contribution in [0.25, 0.3) is 0 Å². The Balaban J connectivity index is 2.70. The number of alkyl halides is 3. The second-order valence-electron chi connectivity index (χ2n) is 3.37. The third-order valence-corrected chi connectivity index (χ3v) is 1.98. The molecule has 1 rings (SSSR count). The van der Waals surface area contributed by atoms with E-state index in [1.165, 1.54) is 12.1 Å². The third kappa shape index (κ3) is 4.34. The van der Waals surface area contributed by atoms with Gasteiger partial charge in [-0.15, -0.1) is 0 Å². The summed E-state index contributed by atoms with van der Waals surface area (Å²) < 4.78 is 42.5. The molecule has 0 aliphatic heterocycles. The summed E-state index contributed by atoms with van der Waals surface area (Å²) in [7, 11) is 0. The summed E-state index contributed by atoms with van der Waals surface area (Å²) in [4.78, 5) is 11.3. The SMILES string of the molecule is O=C(COCCO)Nc1ccccc1C(F)(F)F. The molecule has 0 atom stereocenters. The quantitative estimate of drug-likeness (QED) is 0.794. The minimum Gasteiger partial charge on any atom is -0.394 e. The lowest BCUT2D eigenvalue weighted by molar-refractivity contribution is -0.137. The molecule has 18 heavy (non-hydrogen) atoms. The van der Waals surface area contributed by atoms with E-state index in [9.17, 15) is 18.0 Å². The van der Waals surface area contributed by atoms with Crippen molar-refractivity contribution in [3.63, 3.8) is 0 Å². The first-order valence-corrected chi connectivity index (χ1v) is 5.10. The van der Waals surface area contributed by atoms with Crippen LogP contribution >= 0.6 is 0 Å². The van der Waals surface area contributed by atoms with Crippen LogP contribution in [0, 0.1) is 0 Å². The largest absolute Gasteiger partial charge is 0.418 e. The monoisotopic (exact) mass is 263 g/mol. The molecule has 0 radical (unpaired) electrons. The van der Waals surface area contributed by atoms with Gasteiger partial charge in [-0.2, -0.15) is 13.2 Å². The minimum absolute atomic E-state index is 0.0473. The van der Waals surface area contributed by atoms with Gasteiger partial charge in [0.15, 0.2) is 0 Å². The van der Waals surface area contributed by atoms with Crippen molar-refractivity contribution in [2.75, 3.05) is 25.1 Å². The summed E-state index contributed by atoms with van der Waals surface area (Å²) >= 11 is 0. The van der Waals surface area contributed by atoms with Crippen LogP contribution in [-0.2, 0) is 15.7 Å². The van der Waals surface area contributed by atoms with Crippen molar-refractivity contribution >= 4 is 11.6 Å². The number of rotatable bonds is 5. The number of hydrogen-bond donors (Lipinski definition) is 2. The van der Waals surface area contributed by atoms with Crippen LogP contribution < -0.4 is 5.32 Å². The van der Waals surface area contributed by atoms with Crippen LogP contribution in [0.4, 0.5) is 18.9 Å². The van der Waals surface area contributed by atoms with Gasteiger partial charge in [-0.05, 0) is 12.1 Å². The van der Waals surface area contributed by atoms with Gasteiger partial charge < -0.3 is 15.2 Å². The first-order chi connectivity index (χ1) is 8.45. The van der Waals surface area contributed by atoms with Crippen molar-refractivity contribution in [3.05, 3.63) is 29.8 Å². The molecule has 0 bridgehead atoms. The fourth-order valence-corrected chi connectivity index (χ4v) is 1.26.